The predicted molar refractivity (Wildman–Crippen MR) is 99.4 cm³/mol. The predicted octanol–water partition coefficient (Wildman–Crippen LogP) is 3.54. The van der Waals surface area contributed by atoms with E-state index in [1.807, 2.05) is 24.5 Å². The van der Waals surface area contributed by atoms with E-state index in [1.165, 1.54) is 10.9 Å². The van der Waals surface area contributed by atoms with Gasteiger partial charge in [0.15, 0.2) is 5.78 Å². The van der Waals surface area contributed by atoms with Gasteiger partial charge in [0.2, 0.25) is 0 Å². The van der Waals surface area contributed by atoms with Crippen molar-refractivity contribution in [1.29, 1.82) is 0 Å². The highest BCUT2D eigenvalue weighted by Gasteiger charge is 2.16. The number of aromatic nitrogens is 3. The Bertz CT molecular complexity index is 1050. The molecule has 0 radical (unpaired) electrons. The highest BCUT2D eigenvalue weighted by Crippen LogP contribution is 2.17. The molecular formula is C19H18ClN3O2. The molecule has 0 aliphatic rings. The number of ketones is 1. The molecule has 0 amide bonds. The van der Waals surface area contributed by atoms with Crippen LogP contribution in [0.1, 0.15) is 21.7 Å². The van der Waals surface area contributed by atoms with Gasteiger partial charge in [-0.1, -0.05) is 17.7 Å². The quantitative estimate of drug-likeness (QED) is 0.519. The Labute approximate surface area is 150 Å². The van der Waals surface area contributed by atoms with Gasteiger partial charge >= 0.3 is 0 Å². The first-order valence-corrected chi connectivity index (χ1v) is 8.25. The maximum absolute atomic E-state index is 12.7. The lowest BCUT2D eigenvalue weighted by atomic mass is 10.1. The van der Waals surface area contributed by atoms with Crippen LogP contribution in [0.15, 0.2) is 48.0 Å². The Morgan fingerprint density at radius 1 is 1.32 bits per heavy atom. The highest BCUT2D eigenvalue weighted by molar-refractivity contribution is 6.31. The van der Waals surface area contributed by atoms with E-state index in [0.717, 1.165) is 11.4 Å². The molecule has 6 heteroatoms. The Morgan fingerprint density at radius 2 is 2.08 bits per heavy atom. The zero-order valence-electron chi connectivity index (χ0n) is 14.1. The highest BCUT2D eigenvalue weighted by atomic mass is 35.5. The average Bonchev–Trinajstić information content (AvgIpc) is 2.86. The molecule has 25 heavy (non-hydrogen) atoms. The van der Waals surface area contributed by atoms with E-state index in [9.17, 15) is 9.59 Å². The van der Waals surface area contributed by atoms with Gasteiger partial charge in [-0.25, -0.2) is 4.98 Å². The molecule has 3 aromatic rings. The van der Waals surface area contributed by atoms with E-state index in [2.05, 4.69) is 11.6 Å². The fourth-order valence-corrected chi connectivity index (χ4v) is 3.15. The van der Waals surface area contributed by atoms with Gasteiger partial charge in [-0.05, 0) is 38.1 Å². The van der Waals surface area contributed by atoms with Crippen LogP contribution in [0, 0.1) is 13.8 Å². The number of rotatable bonds is 5. The number of nitrogens with zero attached hydrogens (tertiary/aromatic N) is 3. The standard InChI is InChI=1S/C19H18ClN3O2/c1-4-7-23-12(2)8-15(13(23)3)18(24)10-22-11-21-17-6-5-14(20)9-16(17)19(22)25/h4-6,8-9,11H,1,7,10H2,2-3H3. The number of fused-ring (bicyclic) bond motifs is 1. The number of allylic oxidation sites excluding steroid dienone is 1. The first kappa shape index (κ1) is 17.2. The molecule has 2 aromatic heterocycles. The third-order valence-corrected chi connectivity index (χ3v) is 4.52. The van der Waals surface area contributed by atoms with E-state index in [-0.39, 0.29) is 17.9 Å². The molecule has 0 atom stereocenters. The lowest BCUT2D eigenvalue weighted by Crippen LogP contribution is -2.25. The largest absolute Gasteiger partial charge is 0.345 e. The average molecular weight is 356 g/mol. The van der Waals surface area contributed by atoms with Crippen molar-refractivity contribution in [2.24, 2.45) is 0 Å². The fourth-order valence-electron chi connectivity index (χ4n) is 2.98. The molecule has 128 valence electrons. The molecule has 1 aromatic carbocycles. The van der Waals surface area contributed by atoms with E-state index in [4.69, 9.17) is 11.6 Å². The van der Waals surface area contributed by atoms with Crippen molar-refractivity contribution >= 4 is 28.3 Å². The van der Waals surface area contributed by atoms with Gasteiger partial charge < -0.3 is 4.57 Å². The lowest BCUT2D eigenvalue weighted by Gasteiger charge is -2.08. The van der Waals surface area contributed by atoms with Crippen LogP contribution in [0.25, 0.3) is 10.9 Å². The third-order valence-electron chi connectivity index (χ3n) is 4.29. The molecule has 2 heterocycles. The molecule has 5 nitrogen and oxygen atoms in total. The summed E-state index contributed by atoms with van der Waals surface area (Å²) in [7, 11) is 0. The summed E-state index contributed by atoms with van der Waals surface area (Å²) in [5.41, 5.74) is 2.74. The minimum atomic E-state index is -0.277. The molecule has 3 rings (SSSR count). The van der Waals surface area contributed by atoms with Crippen molar-refractivity contribution in [3.63, 3.8) is 0 Å². The van der Waals surface area contributed by atoms with Crippen molar-refractivity contribution in [3.05, 3.63) is 75.6 Å². The van der Waals surface area contributed by atoms with Crippen molar-refractivity contribution in [2.45, 2.75) is 26.9 Å². The van der Waals surface area contributed by atoms with Crippen molar-refractivity contribution in [2.75, 3.05) is 0 Å². The van der Waals surface area contributed by atoms with Crippen LogP contribution in [0.4, 0.5) is 0 Å². The van der Waals surface area contributed by atoms with Gasteiger partial charge in [0.05, 0.1) is 23.8 Å². The fraction of sp³-hybridized carbons (Fsp3) is 0.211. The Kier molecular flexibility index (Phi) is 4.59. The summed E-state index contributed by atoms with van der Waals surface area (Å²) < 4.78 is 3.34. The molecule has 0 N–H and O–H groups in total. The Balaban J connectivity index is 1.98. The summed E-state index contributed by atoms with van der Waals surface area (Å²) in [4.78, 5) is 29.5. The van der Waals surface area contributed by atoms with Crippen molar-refractivity contribution in [3.8, 4) is 0 Å². The smallest absolute Gasteiger partial charge is 0.261 e. The summed E-state index contributed by atoms with van der Waals surface area (Å²) in [6.07, 6.45) is 3.19. The van der Waals surface area contributed by atoms with Gasteiger partial charge in [0.25, 0.3) is 5.56 Å². The maximum atomic E-state index is 12.7. The first-order chi connectivity index (χ1) is 11.9. The van der Waals surface area contributed by atoms with Gasteiger partial charge in [-0.15, -0.1) is 6.58 Å². The number of Topliss-reactive ketones (excluding diaryl/α,β-unsaturated/α-hetero) is 1. The topological polar surface area (TPSA) is 56.9 Å². The molecular weight excluding hydrogens is 338 g/mol. The zero-order valence-corrected chi connectivity index (χ0v) is 14.9. The van der Waals surface area contributed by atoms with Gasteiger partial charge in [-0.3, -0.25) is 14.2 Å². The van der Waals surface area contributed by atoms with Crippen LogP contribution < -0.4 is 5.56 Å². The second-order valence-corrected chi connectivity index (χ2v) is 6.38. The van der Waals surface area contributed by atoms with Crippen LogP contribution in [-0.2, 0) is 13.1 Å². The molecule has 0 saturated carbocycles. The summed E-state index contributed by atoms with van der Waals surface area (Å²) in [6.45, 7) is 8.15. The number of hydrogen-bond acceptors (Lipinski definition) is 3. The molecule has 0 spiro atoms. The summed E-state index contributed by atoms with van der Waals surface area (Å²) in [6, 6.07) is 6.79. The van der Waals surface area contributed by atoms with E-state index < -0.39 is 0 Å². The maximum Gasteiger partial charge on any atom is 0.261 e. The molecule has 0 unspecified atom stereocenters. The number of carbonyl (C=O) groups excluding carboxylic acids is 1. The number of hydrogen-bond donors (Lipinski definition) is 0. The molecule has 0 fully saturated rings. The van der Waals surface area contributed by atoms with E-state index >= 15 is 0 Å². The molecule has 0 bridgehead atoms. The van der Waals surface area contributed by atoms with Crippen LogP contribution >= 0.6 is 11.6 Å². The molecule has 0 saturated heterocycles. The zero-order chi connectivity index (χ0) is 18.1. The van der Waals surface area contributed by atoms with Crippen LogP contribution in [-0.4, -0.2) is 19.9 Å². The number of halogens is 1. The summed E-state index contributed by atoms with van der Waals surface area (Å²) >= 11 is 5.96. The normalized spacial score (nSPS) is 11.0. The van der Waals surface area contributed by atoms with Gasteiger partial charge in [-0.2, -0.15) is 0 Å². The lowest BCUT2D eigenvalue weighted by molar-refractivity contribution is 0.0970. The second kappa shape index (κ2) is 6.69. The Hall–Kier alpha value is -2.66. The van der Waals surface area contributed by atoms with Gasteiger partial charge in [0, 0.05) is 28.5 Å². The summed E-state index contributed by atoms with van der Waals surface area (Å²) in [5.74, 6) is -0.131. The minimum Gasteiger partial charge on any atom is -0.345 e. The van der Waals surface area contributed by atoms with Crippen molar-refractivity contribution in [1.82, 2.24) is 14.1 Å². The number of aryl methyl sites for hydroxylation is 1. The molecule has 0 aliphatic carbocycles. The molecule has 0 aliphatic heterocycles. The third kappa shape index (κ3) is 3.15. The Morgan fingerprint density at radius 3 is 2.80 bits per heavy atom. The number of benzene rings is 1. The minimum absolute atomic E-state index is 0.0628. The van der Waals surface area contributed by atoms with Crippen LogP contribution in [0.2, 0.25) is 5.02 Å². The van der Waals surface area contributed by atoms with E-state index in [1.54, 1.807) is 24.3 Å². The second-order valence-electron chi connectivity index (χ2n) is 5.95. The van der Waals surface area contributed by atoms with Gasteiger partial charge in [0.1, 0.15) is 0 Å². The summed E-state index contributed by atoms with van der Waals surface area (Å²) in [5, 5.41) is 0.864. The van der Waals surface area contributed by atoms with Crippen molar-refractivity contribution < 1.29 is 4.79 Å². The first-order valence-electron chi connectivity index (χ1n) is 7.88. The van der Waals surface area contributed by atoms with E-state index in [0.29, 0.717) is 28.0 Å². The van der Waals surface area contributed by atoms with Crippen LogP contribution in [0.3, 0.4) is 0 Å². The number of carbonyl (C=O) groups is 1. The monoisotopic (exact) mass is 355 g/mol. The SMILES string of the molecule is C=CCn1c(C)cc(C(=O)Cn2cnc3ccc(Cl)cc3c2=O)c1C. The van der Waals surface area contributed by atoms with Crippen LogP contribution in [0.5, 0.6) is 0 Å².